The van der Waals surface area contributed by atoms with Gasteiger partial charge < -0.3 is 14.7 Å². The second-order valence-electron chi connectivity index (χ2n) is 8.44. The molecule has 0 radical (unpaired) electrons. The molecule has 1 aromatic carbocycles. The lowest BCUT2D eigenvalue weighted by Gasteiger charge is -2.37. The van der Waals surface area contributed by atoms with E-state index in [1.165, 1.54) is 19.2 Å². The SMILES string of the molecule is COc1cc(/N=C/N(C)C(C)C)c(C)cc1C(O)(CC(C)(C)C)C(F)(F)F. The highest BCUT2D eigenvalue weighted by Gasteiger charge is 2.57. The van der Waals surface area contributed by atoms with E-state index in [2.05, 4.69) is 4.99 Å². The van der Waals surface area contributed by atoms with Gasteiger partial charge in [0.2, 0.25) is 0 Å². The number of methoxy groups -OCH3 is 1. The van der Waals surface area contributed by atoms with Crippen LogP contribution in [0.15, 0.2) is 17.1 Å². The first-order valence-electron chi connectivity index (χ1n) is 8.86. The third kappa shape index (κ3) is 5.61. The second kappa shape index (κ2) is 8.09. The van der Waals surface area contributed by atoms with Crippen LogP contribution in [0, 0.1) is 12.3 Å². The van der Waals surface area contributed by atoms with Crippen LogP contribution in [0.5, 0.6) is 5.75 Å². The Bertz CT molecular complexity index is 679. The summed E-state index contributed by atoms with van der Waals surface area (Å²) in [6.07, 6.45) is -3.71. The maximum atomic E-state index is 13.9. The van der Waals surface area contributed by atoms with Gasteiger partial charge >= 0.3 is 6.18 Å². The van der Waals surface area contributed by atoms with Crippen molar-refractivity contribution in [2.24, 2.45) is 10.4 Å². The number of aryl methyl sites for hydroxylation is 1. The van der Waals surface area contributed by atoms with Crippen molar-refractivity contribution in [1.29, 1.82) is 0 Å². The predicted molar refractivity (Wildman–Crippen MR) is 103 cm³/mol. The van der Waals surface area contributed by atoms with Crippen molar-refractivity contribution in [2.45, 2.75) is 65.8 Å². The van der Waals surface area contributed by atoms with Gasteiger partial charge in [-0.25, -0.2) is 4.99 Å². The van der Waals surface area contributed by atoms with E-state index in [-0.39, 0.29) is 17.4 Å². The summed E-state index contributed by atoms with van der Waals surface area (Å²) < 4.78 is 46.8. The fourth-order valence-corrected chi connectivity index (χ4v) is 2.71. The first-order chi connectivity index (χ1) is 12.1. The van der Waals surface area contributed by atoms with Gasteiger partial charge in [-0.15, -0.1) is 0 Å². The molecule has 154 valence electrons. The number of ether oxygens (including phenoxy) is 1. The molecule has 0 aliphatic rings. The molecular formula is C20H31F3N2O2. The van der Waals surface area contributed by atoms with Crippen LogP contribution in [0.3, 0.4) is 0 Å². The number of nitrogens with zero attached hydrogens (tertiary/aromatic N) is 2. The molecule has 4 nitrogen and oxygen atoms in total. The quantitative estimate of drug-likeness (QED) is 0.539. The number of aliphatic imine (C=N–C) groups is 1. The Morgan fingerprint density at radius 3 is 2.19 bits per heavy atom. The number of hydrogen-bond acceptors (Lipinski definition) is 3. The Kier molecular flexibility index (Phi) is 6.97. The molecule has 0 bridgehead atoms. The van der Waals surface area contributed by atoms with Crippen molar-refractivity contribution >= 4 is 12.0 Å². The van der Waals surface area contributed by atoms with Gasteiger partial charge in [-0.1, -0.05) is 20.8 Å². The minimum Gasteiger partial charge on any atom is -0.496 e. The first kappa shape index (κ1) is 23.3. The molecule has 0 fully saturated rings. The molecule has 1 rings (SSSR count). The molecule has 1 atom stereocenters. The highest BCUT2D eigenvalue weighted by Crippen LogP contribution is 2.50. The summed E-state index contributed by atoms with van der Waals surface area (Å²) >= 11 is 0. The molecule has 0 aromatic heterocycles. The van der Waals surface area contributed by atoms with E-state index in [1.807, 2.05) is 25.8 Å². The molecule has 1 unspecified atom stereocenters. The minimum atomic E-state index is -4.84. The number of halogens is 3. The van der Waals surface area contributed by atoms with Crippen molar-refractivity contribution in [1.82, 2.24) is 4.90 Å². The van der Waals surface area contributed by atoms with Crippen molar-refractivity contribution in [3.63, 3.8) is 0 Å². The van der Waals surface area contributed by atoms with Crippen LogP contribution >= 0.6 is 0 Å². The zero-order valence-electron chi connectivity index (χ0n) is 17.4. The van der Waals surface area contributed by atoms with E-state index in [9.17, 15) is 18.3 Å². The molecule has 27 heavy (non-hydrogen) atoms. The molecule has 1 aromatic rings. The Labute approximate surface area is 160 Å². The third-order valence-electron chi connectivity index (χ3n) is 4.41. The van der Waals surface area contributed by atoms with Gasteiger partial charge in [0.15, 0.2) is 5.60 Å². The van der Waals surface area contributed by atoms with Gasteiger partial charge in [0, 0.05) is 24.7 Å². The highest BCUT2D eigenvalue weighted by molar-refractivity contribution is 5.65. The maximum absolute atomic E-state index is 13.9. The van der Waals surface area contributed by atoms with Crippen LogP contribution in [0.2, 0.25) is 0 Å². The van der Waals surface area contributed by atoms with E-state index >= 15 is 0 Å². The molecule has 0 spiro atoms. The summed E-state index contributed by atoms with van der Waals surface area (Å²) in [5.74, 6) is -0.0379. The Balaban J connectivity index is 3.53. The van der Waals surface area contributed by atoms with Crippen molar-refractivity contribution < 1.29 is 23.0 Å². The second-order valence-corrected chi connectivity index (χ2v) is 8.44. The van der Waals surface area contributed by atoms with Gasteiger partial charge in [-0.05, 0) is 44.2 Å². The van der Waals surface area contributed by atoms with Crippen LogP contribution < -0.4 is 4.74 Å². The smallest absolute Gasteiger partial charge is 0.421 e. The fraction of sp³-hybridized carbons (Fsp3) is 0.650. The molecule has 7 heteroatoms. The fourth-order valence-electron chi connectivity index (χ4n) is 2.71. The summed E-state index contributed by atoms with van der Waals surface area (Å²) in [7, 11) is 3.15. The predicted octanol–water partition coefficient (Wildman–Crippen LogP) is 5.19. The standard InChI is InChI=1S/C20H31F3N2O2/c1-13(2)25(7)12-24-16-10-17(27-8)15(9-14(16)3)19(26,20(21,22)23)11-18(4,5)6/h9-10,12-13,26H,11H2,1-8H3/b24-12+. The maximum Gasteiger partial charge on any atom is 0.421 e. The summed E-state index contributed by atoms with van der Waals surface area (Å²) in [6, 6.07) is 2.99. The first-order valence-corrected chi connectivity index (χ1v) is 8.86. The van der Waals surface area contributed by atoms with Gasteiger partial charge in [0.1, 0.15) is 5.75 Å². The lowest BCUT2D eigenvalue weighted by Crippen LogP contribution is -2.45. The van der Waals surface area contributed by atoms with Gasteiger partial charge in [-0.2, -0.15) is 13.2 Å². The monoisotopic (exact) mass is 388 g/mol. The van der Waals surface area contributed by atoms with Crippen LogP contribution in [-0.2, 0) is 5.60 Å². The molecular weight excluding hydrogens is 357 g/mol. The van der Waals surface area contributed by atoms with Crippen molar-refractivity contribution in [3.8, 4) is 5.75 Å². The molecule has 0 heterocycles. The molecule has 0 saturated heterocycles. The number of hydrogen-bond donors (Lipinski definition) is 1. The molecule has 0 aliphatic carbocycles. The number of alkyl halides is 3. The third-order valence-corrected chi connectivity index (χ3v) is 4.41. The topological polar surface area (TPSA) is 45.1 Å². The van der Waals surface area contributed by atoms with Crippen molar-refractivity contribution in [3.05, 3.63) is 23.3 Å². The average molecular weight is 388 g/mol. The van der Waals surface area contributed by atoms with Crippen molar-refractivity contribution in [2.75, 3.05) is 14.2 Å². The number of benzene rings is 1. The zero-order chi connectivity index (χ0) is 21.2. The van der Waals surface area contributed by atoms with Crippen LogP contribution in [0.1, 0.15) is 52.2 Å². The number of aliphatic hydroxyl groups is 1. The zero-order valence-corrected chi connectivity index (χ0v) is 17.4. The van der Waals surface area contributed by atoms with E-state index in [4.69, 9.17) is 4.74 Å². The van der Waals surface area contributed by atoms with Crippen LogP contribution in [0.25, 0.3) is 0 Å². The molecule has 0 aliphatic heterocycles. The largest absolute Gasteiger partial charge is 0.496 e. The lowest BCUT2D eigenvalue weighted by atomic mass is 9.77. The Hall–Kier alpha value is -1.76. The van der Waals surface area contributed by atoms with E-state index in [0.717, 1.165) is 0 Å². The summed E-state index contributed by atoms with van der Waals surface area (Å²) in [5.41, 5.74) is -3.04. The van der Waals surface area contributed by atoms with E-state index in [0.29, 0.717) is 11.3 Å². The average Bonchev–Trinajstić information content (AvgIpc) is 2.50. The molecule has 1 N–H and O–H groups in total. The van der Waals surface area contributed by atoms with E-state index < -0.39 is 23.6 Å². The normalized spacial score (nSPS) is 15.3. The highest BCUT2D eigenvalue weighted by atomic mass is 19.4. The lowest BCUT2D eigenvalue weighted by molar-refractivity contribution is -0.276. The summed E-state index contributed by atoms with van der Waals surface area (Å²) in [5, 5.41) is 10.7. The van der Waals surface area contributed by atoms with E-state index in [1.54, 1.807) is 34.0 Å². The van der Waals surface area contributed by atoms with Gasteiger partial charge in [0.25, 0.3) is 0 Å². The Morgan fingerprint density at radius 2 is 1.78 bits per heavy atom. The van der Waals surface area contributed by atoms with Crippen LogP contribution in [-0.4, -0.2) is 42.7 Å². The minimum absolute atomic E-state index is 0.0379. The Morgan fingerprint density at radius 1 is 1.22 bits per heavy atom. The molecule has 0 saturated carbocycles. The summed E-state index contributed by atoms with van der Waals surface area (Å²) in [6.45, 7) is 10.6. The summed E-state index contributed by atoms with van der Waals surface area (Å²) in [4.78, 5) is 6.23. The van der Waals surface area contributed by atoms with Crippen LogP contribution in [0.4, 0.5) is 18.9 Å². The number of rotatable bonds is 6. The van der Waals surface area contributed by atoms with Gasteiger partial charge in [0.05, 0.1) is 19.1 Å². The molecule has 0 amide bonds. The van der Waals surface area contributed by atoms with Gasteiger partial charge in [-0.3, -0.25) is 0 Å².